The summed E-state index contributed by atoms with van der Waals surface area (Å²) < 4.78 is 5.69. The molecule has 0 amide bonds. The molecule has 1 aliphatic carbocycles. The largest absolute Gasteiger partial charge is 0.380 e. The van der Waals surface area contributed by atoms with E-state index in [2.05, 4.69) is 38.0 Å². The first-order valence-electron chi connectivity index (χ1n) is 7.14. The maximum atomic E-state index is 5.69. The fourth-order valence-corrected chi connectivity index (χ4v) is 1.91. The van der Waals surface area contributed by atoms with Crippen molar-refractivity contribution in [2.75, 3.05) is 33.4 Å². The molecular formula is C14H30N2O. The lowest BCUT2D eigenvalue weighted by molar-refractivity contribution is 0.0899. The number of ether oxygens (including phenoxy) is 1. The van der Waals surface area contributed by atoms with Crippen molar-refractivity contribution in [2.24, 2.45) is 5.92 Å². The maximum absolute atomic E-state index is 5.69. The Morgan fingerprint density at radius 1 is 1.35 bits per heavy atom. The Morgan fingerprint density at radius 3 is 2.59 bits per heavy atom. The van der Waals surface area contributed by atoms with Crippen molar-refractivity contribution in [2.45, 2.75) is 52.1 Å². The van der Waals surface area contributed by atoms with Gasteiger partial charge in [0.1, 0.15) is 0 Å². The second kappa shape index (κ2) is 8.06. The van der Waals surface area contributed by atoms with Gasteiger partial charge in [0.05, 0.1) is 6.61 Å². The van der Waals surface area contributed by atoms with Crippen LogP contribution >= 0.6 is 0 Å². The van der Waals surface area contributed by atoms with Crippen LogP contribution in [0.25, 0.3) is 0 Å². The molecule has 0 spiro atoms. The third-order valence-corrected chi connectivity index (χ3v) is 3.50. The zero-order valence-corrected chi connectivity index (χ0v) is 12.0. The van der Waals surface area contributed by atoms with Crippen LogP contribution in [0.15, 0.2) is 0 Å². The van der Waals surface area contributed by atoms with Gasteiger partial charge in [-0.3, -0.25) is 4.90 Å². The average Bonchev–Trinajstić information content (AvgIpc) is 3.08. The van der Waals surface area contributed by atoms with E-state index in [1.54, 1.807) is 0 Å². The van der Waals surface area contributed by atoms with Crippen molar-refractivity contribution in [3.8, 4) is 0 Å². The Hall–Kier alpha value is -0.120. The van der Waals surface area contributed by atoms with Gasteiger partial charge in [-0.15, -0.1) is 0 Å². The SMILES string of the molecule is CCC(CNC(C)C)N(C)CCOCC1CC1. The first-order chi connectivity index (χ1) is 8.13. The van der Waals surface area contributed by atoms with Gasteiger partial charge in [0.15, 0.2) is 0 Å². The van der Waals surface area contributed by atoms with Gasteiger partial charge in [-0.05, 0) is 32.2 Å². The molecule has 1 N–H and O–H groups in total. The lowest BCUT2D eigenvalue weighted by Crippen LogP contribution is -2.43. The molecule has 1 saturated carbocycles. The third-order valence-electron chi connectivity index (χ3n) is 3.50. The molecule has 0 heterocycles. The smallest absolute Gasteiger partial charge is 0.0593 e. The van der Waals surface area contributed by atoms with Crippen LogP contribution in [0.1, 0.15) is 40.0 Å². The summed E-state index contributed by atoms with van der Waals surface area (Å²) in [6.07, 6.45) is 3.95. The van der Waals surface area contributed by atoms with Crippen LogP contribution in [0.4, 0.5) is 0 Å². The summed E-state index contributed by atoms with van der Waals surface area (Å²) in [5.41, 5.74) is 0. The maximum Gasteiger partial charge on any atom is 0.0593 e. The van der Waals surface area contributed by atoms with Crippen LogP contribution < -0.4 is 5.32 Å². The number of nitrogens with one attached hydrogen (secondary N) is 1. The highest BCUT2D eigenvalue weighted by atomic mass is 16.5. The summed E-state index contributed by atoms with van der Waals surface area (Å²) in [6, 6.07) is 1.20. The van der Waals surface area contributed by atoms with Crippen LogP contribution in [0.5, 0.6) is 0 Å². The highest BCUT2D eigenvalue weighted by Gasteiger charge is 2.21. The Morgan fingerprint density at radius 2 is 2.06 bits per heavy atom. The van der Waals surface area contributed by atoms with Gasteiger partial charge in [-0.25, -0.2) is 0 Å². The number of hydrogen-bond donors (Lipinski definition) is 1. The van der Waals surface area contributed by atoms with Crippen molar-refractivity contribution in [3.05, 3.63) is 0 Å². The fraction of sp³-hybridized carbons (Fsp3) is 1.00. The van der Waals surface area contributed by atoms with Crippen molar-refractivity contribution in [1.82, 2.24) is 10.2 Å². The van der Waals surface area contributed by atoms with E-state index in [1.807, 2.05) is 0 Å². The molecule has 0 aromatic heterocycles. The van der Waals surface area contributed by atoms with E-state index >= 15 is 0 Å². The van der Waals surface area contributed by atoms with Gasteiger partial charge in [0.2, 0.25) is 0 Å². The van der Waals surface area contributed by atoms with E-state index < -0.39 is 0 Å². The quantitative estimate of drug-likeness (QED) is 0.594. The molecule has 0 aromatic rings. The molecule has 3 nitrogen and oxygen atoms in total. The van der Waals surface area contributed by atoms with Crippen LogP contribution in [-0.2, 0) is 4.74 Å². The van der Waals surface area contributed by atoms with E-state index in [1.165, 1.54) is 19.3 Å². The second-order valence-electron chi connectivity index (χ2n) is 5.62. The standard InChI is InChI=1S/C14H30N2O/c1-5-14(10-15-12(2)3)16(4)8-9-17-11-13-6-7-13/h12-15H,5-11H2,1-4H3. The summed E-state index contributed by atoms with van der Waals surface area (Å²) in [5.74, 6) is 0.880. The molecule has 1 aliphatic rings. The van der Waals surface area contributed by atoms with Crippen molar-refractivity contribution in [3.63, 3.8) is 0 Å². The molecule has 0 bridgehead atoms. The molecule has 0 saturated heterocycles. The van der Waals surface area contributed by atoms with E-state index in [0.29, 0.717) is 12.1 Å². The second-order valence-corrected chi connectivity index (χ2v) is 5.62. The highest BCUT2D eigenvalue weighted by Crippen LogP contribution is 2.28. The van der Waals surface area contributed by atoms with Crippen LogP contribution in [0, 0.1) is 5.92 Å². The van der Waals surface area contributed by atoms with E-state index in [0.717, 1.165) is 32.2 Å². The zero-order valence-electron chi connectivity index (χ0n) is 12.0. The summed E-state index contributed by atoms with van der Waals surface area (Å²) in [4.78, 5) is 2.42. The molecule has 0 aromatic carbocycles. The topological polar surface area (TPSA) is 24.5 Å². The molecule has 3 heteroatoms. The lowest BCUT2D eigenvalue weighted by atomic mass is 10.2. The molecule has 1 rings (SSSR count). The van der Waals surface area contributed by atoms with Crippen molar-refractivity contribution < 1.29 is 4.74 Å². The number of likely N-dealkylation sites (N-methyl/N-ethyl adjacent to an activating group) is 1. The van der Waals surface area contributed by atoms with Gasteiger partial charge in [0.25, 0.3) is 0 Å². The monoisotopic (exact) mass is 242 g/mol. The van der Waals surface area contributed by atoms with Gasteiger partial charge >= 0.3 is 0 Å². The van der Waals surface area contributed by atoms with Crippen LogP contribution in [0.3, 0.4) is 0 Å². The molecule has 1 atom stereocenters. The minimum Gasteiger partial charge on any atom is -0.380 e. The first-order valence-corrected chi connectivity index (χ1v) is 7.14. The Balaban J connectivity index is 2.06. The van der Waals surface area contributed by atoms with Crippen LogP contribution in [-0.4, -0.2) is 50.3 Å². The Kier molecular flexibility index (Phi) is 7.09. The lowest BCUT2D eigenvalue weighted by Gasteiger charge is -2.28. The highest BCUT2D eigenvalue weighted by molar-refractivity contribution is 4.73. The van der Waals surface area contributed by atoms with Crippen molar-refractivity contribution in [1.29, 1.82) is 0 Å². The molecule has 102 valence electrons. The summed E-state index contributed by atoms with van der Waals surface area (Å²) in [7, 11) is 2.21. The van der Waals surface area contributed by atoms with E-state index in [-0.39, 0.29) is 0 Å². The van der Waals surface area contributed by atoms with Gasteiger partial charge in [0, 0.05) is 31.8 Å². The molecule has 1 unspecified atom stereocenters. The summed E-state index contributed by atoms with van der Waals surface area (Å²) >= 11 is 0. The van der Waals surface area contributed by atoms with Gasteiger partial charge in [-0.1, -0.05) is 20.8 Å². The average molecular weight is 242 g/mol. The zero-order chi connectivity index (χ0) is 12.7. The Labute approximate surface area is 107 Å². The fourth-order valence-electron chi connectivity index (χ4n) is 1.91. The summed E-state index contributed by atoms with van der Waals surface area (Å²) in [5, 5.41) is 3.51. The molecular weight excluding hydrogens is 212 g/mol. The van der Waals surface area contributed by atoms with Crippen molar-refractivity contribution >= 4 is 0 Å². The molecule has 0 radical (unpaired) electrons. The molecule has 1 fully saturated rings. The molecule has 17 heavy (non-hydrogen) atoms. The Bertz CT molecular complexity index is 193. The number of nitrogens with zero attached hydrogens (tertiary/aromatic N) is 1. The van der Waals surface area contributed by atoms with E-state index in [9.17, 15) is 0 Å². The minimum atomic E-state index is 0.573. The van der Waals surface area contributed by atoms with E-state index in [4.69, 9.17) is 4.74 Å². The first kappa shape index (κ1) is 14.9. The third kappa shape index (κ3) is 7.02. The normalized spacial score (nSPS) is 18.0. The molecule has 0 aliphatic heterocycles. The van der Waals surface area contributed by atoms with Crippen LogP contribution in [0.2, 0.25) is 0 Å². The number of hydrogen-bond acceptors (Lipinski definition) is 3. The predicted octanol–water partition coefficient (Wildman–Crippen LogP) is 2.12. The predicted molar refractivity (Wildman–Crippen MR) is 73.4 cm³/mol. The van der Waals surface area contributed by atoms with Gasteiger partial charge in [-0.2, -0.15) is 0 Å². The van der Waals surface area contributed by atoms with Gasteiger partial charge < -0.3 is 10.1 Å². The summed E-state index contributed by atoms with van der Waals surface area (Å²) in [6.45, 7) is 10.6. The number of rotatable bonds is 10. The minimum absolute atomic E-state index is 0.573.